The topological polar surface area (TPSA) is 43.1 Å². The maximum Gasteiger partial charge on any atom is 0.191 e. The van der Waals surface area contributed by atoms with Crippen molar-refractivity contribution in [2.24, 2.45) is 0 Å². The Kier molecular flexibility index (Phi) is 3.71. The summed E-state index contributed by atoms with van der Waals surface area (Å²) >= 11 is 1.72. The van der Waals surface area contributed by atoms with E-state index in [0.29, 0.717) is 0 Å². The molecule has 0 radical (unpaired) electrons. The second kappa shape index (κ2) is 6.01. The largest absolute Gasteiger partial charge is 0.222 e. The van der Waals surface area contributed by atoms with E-state index in [1.54, 1.807) is 11.8 Å². The van der Waals surface area contributed by atoms with Gasteiger partial charge in [-0.1, -0.05) is 61.2 Å². The van der Waals surface area contributed by atoms with E-state index in [-0.39, 0.29) is 0 Å². The second-order valence-electron chi connectivity index (χ2n) is 5.30. The molecule has 2 aromatic carbocycles. The van der Waals surface area contributed by atoms with Crippen molar-refractivity contribution < 1.29 is 0 Å². The lowest BCUT2D eigenvalue weighted by atomic mass is 10.2. The number of para-hydroxylation sites is 1. The van der Waals surface area contributed by atoms with Crippen LogP contribution in [0.1, 0.15) is 13.3 Å². The molecule has 4 aromatic rings. The van der Waals surface area contributed by atoms with Gasteiger partial charge < -0.3 is 0 Å². The van der Waals surface area contributed by atoms with E-state index in [1.807, 2.05) is 53.0 Å². The highest BCUT2D eigenvalue weighted by atomic mass is 32.2. The van der Waals surface area contributed by atoms with Gasteiger partial charge in [-0.25, -0.2) is 9.97 Å². The highest BCUT2D eigenvalue weighted by Crippen LogP contribution is 2.26. The Morgan fingerprint density at radius 1 is 0.957 bits per heavy atom. The number of nitrogens with zero attached hydrogens (tertiary/aromatic N) is 4. The van der Waals surface area contributed by atoms with Crippen LogP contribution in [0.15, 0.2) is 59.8 Å². The molecule has 2 aromatic heterocycles. The molecule has 0 saturated carbocycles. The summed E-state index contributed by atoms with van der Waals surface area (Å²) in [6, 6.07) is 18.2. The number of hydrogen-bond acceptors (Lipinski definition) is 4. The molecule has 23 heavy (non-hydrogen) atoms. The molecule has 0 aliphatic heterocycles. The van der Waals surface area contributed by atoms with Crippen molar-refractivity contribution >= 4 is 28.3 Å². The molecular weight excluding hydrogens is 304 g/mol. The van der Waals surface area contributed by atoms with Gasteiger partial charge in [-0.15, -0.1) is 5.10 Å². The average molecular weight is 320 g/mol. The van der Waals surface area contributed by atoms with E-state index in [1.165, 1.54) is 0 Å². The van der Waals surface area contributed by atoms with Gasteiger partial charge in [0.05, 0.1) is 5.52 Å². The maximum absolute atomic E-state index is 4.78. The number of aromatic nitrogens is 4. The first-order chi connectivity index (χ1) is 11.4. The summed E-state index contributed by atoms with van der Waals surface area (Å²) in [5.41, 5.74) is 2.85. The van der Waals surface area contributed by atoms with Crippen molar-refractivity contribution in [3.63, 3.8) is 0 Å². The van der Waals surface area contributed by atoms with Crippen molar-refractivity contribution in [3.8, 4) is 11.4 Å². The first-order valence-corrected chi connectivity index (χ1v) is 8.69. The van der Waals surface area contributed by atoms with Crippen LogP contribution >= 0.6 is 11.8 Å². The lowest BCUT2D eigenvalue weighted by Gasteiger charge is -2.04. The number of fused-ring (bicyclic) bond motifs is 3. The molecule has 0 spiro atoms. The predicted octanol–water partition coefficient (Wildman–Crippen LogP) is 4.45. The van der Waals surface area contributed by atoms with Crippen LogP contribution in [-0.4, -0.2) is 25.3 Å². The highest BCUT2D eigenvalue weighted by Gasteiger charge is 2.14. The summed E-state index contributed by atoms with van der Waals surface area (Å²) in [7, 11) is 0. The highest BCUT2D eigenvalue weighted by molar-refractivity contribution is 7.99. The van der Waals surface area contributed by atoms with E-state index in [2.05, 4.69) is 13.0 Å². The smallest absolute Gasteiger partial charge is 0.191 e. The van der Waals surface area contributed by atoms with Crippen LogP contribution in [0.4, 0.5) is 0 Å². The van der Waals surface area contributed by atoms with Crippen LogP contribution in [0.2, 0.25) is 0 Å². The fourth-order valence-electron chi connectivity index (χ4n) is 2.53. The van der Waals surface area contributed by atoms with Crippen LogP contribution in [0.5, 0.6) is 0 Å². The third-order valence-electron chi connectivity index (χ3n) is 3.62. The molecule has 0 fully saturated rings. The molecule has 114 valence electrons. The van der Waals surface area contributed by atoms with Gasteiger partial charge in [0.15, 0.2) is 16.6 Å². The summed E-state index contributed by atoms with van der Waals surface area (Å²) < 4.78 is 1.88. The minimum Gasteiger partial charge on any atom is -0.222 e. The standard InChI is InChI=1S/C18H16N4S/c1-2-12-23-18-19-15-11-7-6-10-14(15)17-20-16(21-22(17)18)13-8-4-3-5-9-13/h3-11H,2,12H2,1H3. The lowest BCUT2D eigenvalue weighted by Crippen LogP contribution is -1.98. The predicted molar refractivity (Wildman–Crippen MR) is 94.7 cm³/mol. The van der Waals surface area contributed by atoms with Crippen LogP contribution in [0.25, 0.3) is 27.9 Å². The molecule has 0 unspecified atom stereocenters. The summed E-state index contributed by atoms with van der Waals surface area (Å²) in [6.45, 7) is 2.17. The van der Waals surface area contributed by atoms with Crippen LogP contribution in [-0.2, 0) is 0 Å². The molecule has 0 bridgehead atoms. The van der Waals surface area contributed by atoms with Gasteiger partial charge >= 0.3 is 0 Å². The fourth-order valence-corrected chi connectivity index (χ4v) is 3.33. The minimum atomic E-state index is 0.738. The third kappa shape index (κ3) is 2.57. The van der Waals surface area contributed by atoms with Crippen molar-refractivity contribution in [3.05, 3.63) is 54.6 Å². The van der Waals surface area contributed by atoms with Gasteiger partial charge in [-0.3, -0.25) is 0 Å². The van der Waals surface area contributed by atoms with E-state index in [9.17, 15) is 0 Å². The minimum absolute atomic E-state index is 0.738. The zero-order valence-electron chi connectivity index (χ0n) is 12.8. The van der Waals surface area contributed by atoms with Gasteiger partial charge in [0.2, 0.25) is 0 Å². The monoisotopic (exact) mass is 320 g/mol. The Balaban J connectivity index is 1.98. The summed E-state index contributed by atoms with van der Waals surface area (Å²) in [5.74, 6) is 1.75. The fraction of sp³-hybridized carbons (Fsp3) is 0.167. The number of thioether (sulfide) groups is 1. The molecular formula is C18H16N4S. The van der Waals surface area contributed by atoms with Crippen LogP contribution in [0, 0.1) is 0 Å². The van der Waals surface area contributed by atoms with E-state index in [0.717, 1.165) is 45.3 Å². The van der Waals surface area contributed by atoms with Crippen molar-refractivity contribution in [2.75, 3.05) is 5.75 Å². The number of benzene rings is 2. The molecule has 4 nitrogen and oxygen atoms in total. The molecule has 0 N–H and O–H groups in total. The molecule has 0 amide bonds. The van der Waals surface area contributed by atoms with Crippen LogP contribution in [0.3, 0.4) is 0 Å². The molecule has 0 aliphatic carbocycles. The number of hydrogen-bond donors (Lipinski definition) is 0. The van der Waals surface area contributed by atoms with E-state index in [4.69, 9.17) is 15.1 Å². The Morgan fingerprint density at radius 3 is 2.57 bits per heavy atom. The summed E-state index contributed by atoms with van der Waals surface area (Å²) in [6.07, 6.45) is 1.10. The van der Waals surface area contributed by atoms with Gasteiger partial charge in [0, 0.05) is 16.7 Å². The quantitative estimate of drug-likeness (QED) is 0.412. The number of rotatable bonds is 4. The molecule has 5 heteroatoms. The summed E-state index contributed by atoms with van der Waals surface area (Å²) in [4.78, 5) is 9.55. The average Bonchev–Trinajstić information content (AvgIpc) is 3.06. The zero-order chi connectivity index (χ0) is 15.6. The Bertz CT molecular complexity index is 963. The van der Waals surface area contributed by atoms with Gasteiger partial charge in [0.25, 0.3) is 0 Å². The molecule has 2 heterocycles. The van der Waals surface area contributed by atoms with Gasteiger partial charge in [-0.2, -0.15) is 4.52 Å². The first kappa shape index (κ1) is 14.2. The Hall–Kier alpha value is -2.40. The van der Waals surface area contributed by atoms with Crippen molar-refractivity contribution in [2.45, 2.75) is 18.5 Å². The Morgan fingerprint density at radius 2 is 1.74 bits per heavy atom. The SMILES string of the molecule is CCCSc1nc2ccccc2c2nc(-c3ccccc3)nn12. The maximum atomic E-state index is 4.78. The van der Waals surface area contributed by atoms with E-state index < -0.39 is 0 Å². The molecule has 0 aliphatic rings. The van der Waals surface area contributed by atoms with E-state index >= 15 is 0 Å². The Labute approximate surface area is 138 Å². The molecule has 0 atom stereocenters. The molecule has 0 saturated heterocycles. The lowest BCUT2D eigenvalue weighted by molar-refractivity contribution is 0.810. The van der Waals surface area contributed by atoms with Crippen LogP contribution < -0.4 is 0 Å². The van der Waals surface area contributed by atoms with Gasteiger partial charge in [-0.05, 0) is 18.6 Å². The normalized spacial score (nSPS) is 11.3. The second-order valence-corrected chi connectivity index (χ2v) is 6.36. The zero-order valence-corrected chi connectivity index (χ0v) is 13.6. The van der Waals surface area contributed by atoms with Crippen molar-refractivity contribution in [1.82, 2.24) is 19.6 Å². The first-order valence-electron chi connectivity index (χ1n) is 7.70. The summed E-state index contributed by atoms with van der Waals surface area (Å²) in [5, 5.41) is 6.64. The van der Waals surface area contributed by atoms with Gasteiger partial charge in [0.1, 0.15) is 0 Å². The molecule has 4 rings (SSSR count). The third-order valence-corrected chi connectivity index (χ3v) is 4.75. The van der Waals surface area contributed by atoms with Crippen molar-refractivity contribution in [1.29, 1.82) is 0 Å².